The SMILES string of the molecule is NNC(CC1CCCC1)c1ccc2cc(Br)ccc2c1. The fourth-order valence-corrected chi connectivity index (χ4v) is 3.71. The van der Waals surface area contributed by atoms with Gasteiger partial charge in [0.05, 0.1) is 0 Å². The minimum atomic E-state index is 0.270. The maximum Gasteiger partial charge on any atom is 0.0462 e. The van der Waals surface area contributed by atoms with Gasteiger partial charge in [0, 0.05) is 10.5 Å². The minimum Gasteiger partial charge on any atom is -0.271 e. The van der Waals surface area contributed by atoms with Gasteiger partial charge in [0.1, 0.15) is 0 Å². The Balaban J connectivity index is 1.85. The van der Waals surface area contributed by atoms with Crippen LogP contribution in [0, 0.1) is 5.92 Å². The lowest BCUT2D eigenvalue weighted by atomic mass is 9.93. The van der Waals surface area contributed by atoms with Gasteiger partial charge in [-0.1, -0.05) is 59.8 Å². The maximum atomic E-state index is 5.79. The molecule has 3 N–H and O–H groups in total. The minimum absolute atomic E-state index is 0.270. The molecule has 1 aliphatic carbocycles. The van der Waals surface area contributed by atoms with Crippen molar-refractivity contribution < 1.29 is 0 Å². The van der Waals surface area contributed by atoms with Gasteiger partial charge < -0.3 is 0 Å². The summed E-state index contributed by atoms with van der Waals surface area (Å²) in [6.07, 6.45) is 6.64. The molecule has 2 aromatic rings. The number of benzene rings is 2. The third kappa shape index (κ3) is 3.05. The number of rotatable bonds is 4. The van der Waals surface area contributed by atoms with Crippen LogP contribution in [0.15, 0.2) is 40.9 Å². The second-order valence-electron chi connectivity index (χ2n) is 5.86. The van der Waals surface area contributed by atoms with Crippen molar-refractivity contribution in [2.24, 2.45) is 11.8 Å². The molecule has 1 saturated carbocycles. The molecule has 2 nitrogen and oxygen atoms in total. The third-order valence-corrected chi connectivity index (χ3v) is 4.97. The lowest BCUT2D eigenvalue weighted by molar-refractivity contribution is 0.400. The molecule has 0 aliphatic heterocycles. The van der Waals surface area contributed by atoms with E-state index in [1.807, 2.05) is 0 Å². The van der Waals surface area contributed by atoms with Crippen LogP contribution in [0.5, 0.6) is 0 Å². The van der Waals surface area contributed by atoms with Crippen molar-refractivity contribution in [3.05, 3.63) is 46.4 Å². The molecule has 20 heavy (non-hydrogen) atoms. The highest BCUT2D eigenvalue weighted by atomic mass is 79.9. The van der Waals surface area contributed by atoms with Crippen LogP contribution in [0.2, 0.25) is 0 Å². The van der Waals surface area contributed by atoms with E-state index in [1.54, 1.807) is 0 Å². The first-order chi connectivity index (χ1) is 9.76. The average Bonchev–Trinajstić information content (AvgIpc) is 2.97. The van der Waals surface area contributed by atoms with Gasteiger partial charge in [0.2, 0.25) is 0 Å². The Bertz CT molecular complexity index is 591. The largest absolute Gasteiger partial charge is 0.271 e. The van der Waals surface area contributed by atoms with Gasteiger partial charge in [-0.25, -0.2) is 0 Å². The van der Waals surface area contributed by atoms with Crippen molar-refractivity contribution in [2.75, 3.05) is 0 Å². The van der Waals surface area contributed by atoms with Crippen LogP contribution in [0.25, 0.3) is 10.8 Å². The van der Waals surface area contributed by atoms with Crippen molar-refractivity contribution in [3.63, 3.8) is 0 Å². The molecule has 106 valence electrons. The van der Waals surface area contributed by atoms with E-state index in [2.05, 4.69) is 57.8 Å². The second-order valence-corrected chi connectivity index (χ2v) is 6.77. The van der Waals surface area contributed by atoms with Crippen molar-refractivity contribution >= 4 is 26.7 Å². The summed E-state index contributed by atoms with van der Waals surface area (Å²) in [7, 11) is 0. The predicted molar refractivity (Wildman–Crippen MR) is 88.3 cm³/mol. The number of nitrogens with one attached hydrogen (secondary N) is 1. The highest BCUT2D eigenvalue weighted by Gasteiger charge is 2.20. The zero-order valence-electron chi connectivity index (χ0n) is 11.6. The highest BCUT2D eigenvalue weighted by Crippen LogP contribution is 2.33. The average molecular weight is 333 g/mol. The molecule has 0 bridgehead atoms. The summed E-state index contributed by atoms with van der Waals surface area (Å²) in [6.45, 7) is 0. The first-order valence-electron chi connectivity index (χ1n) is 7.41. The van der Waals surface area contributed by atoms with Crippen molar-refractivity contribution in [2.45, 2.75) is 38.1 Å². The summed E-state index contributed by atoms with van der Waals surface area (Å²) in [5.41, 5.74) is 4.31. The summed E-state index contributed by atoms with van der Waals surface area (Å²) in [5, 5.41) is 2.54. The Morgan fingerprint density at radius 2 is 1.80 bits per heavy atom. The molecule has 0 aromatic heterocycles. The van der Waals surface area contributed by atoms with Gasteiger partial charge in [-0.15, -0.1) is 0 Å². The lowest BCUT2D eigenvalue weighted by Crippen LogP contribution is -2.29. The summed E-state index contributed by atoms with van der Waals surface area (Å²) in [6, 6.07) is 13.3. The Morgan fingerprint density at radius 1 is 1.10 bits per heavy atom. The molecule has 0 spiro atoms. The van der Waals surface area contributed by atoms with Crippen LogP contribution < -0.4 is 11.3 Å². The van der Waals surface area contributed by atoms with Crippen LogP contribution in [-0.4, -0.2) is 0 Å². The number of fused-ring (bicyclic) bond motifs is 1. The molecule has 0 heterocycles. The summed E-state index contributed by atoms with van der Waals surface area (Å²) in [5.74, 6) is 6.62. The molecule has 0 saturated heterocycles. The molecule has 0 radical (unpaired) electrons. The summed E-state index contributed by atoms with van der Waals surface area (Å²) >= 11 is 3.52. The van der Waals surface area contributed by atoms with E-state index in [0.717, 1.165) is 16.8 Å². The molecule has 0 amide bonds. The molecule has 1 atom stereocenters. The van der Waals surface area contributed by atoms with Crippen molar-refractivity contribution in [3.8, 4) is 0 Å². The molecular weight excluding hydrogens is 312 g/mol. The lowest BCUT2D eigenvalue weighted by Gasteiger charge is -2.20. The van der Waals surface area contributed by atoms with Crippen molar-refractivity contribution in [1.82, 2.24) is 5.43 Å². The van der Waals surface area contributed by atoms with E-state index in [-0.39, 0.29) is 6.04 Å². The number of nitrogens with two attached hydrogens (primary N) is 1. The zero-order chi connectivity index (χ0) is 13.9. The Kier molecular flexibility index (Phi) is 4.39. The van der Waals surface area contributed by atoms with E-state index < -0.39 is 0 Å². The van der Waals surface area contributed by atoms with Crippen LogP contribution in [0.3, 0.4) is 0 Å². The Hall–Kier alpha value is -0.900. The van der Waals surface area contributed by atoms with Crippen LogP contribution in [0.1, 0.15) is 43.7 Å². The quantitative estimate of drug-likeness (QED) is 0.629. The number of halogens is 1. The maximum absolute atomic E-state index is 5.79. The van der Waals surface area contributed by atoms with Gasteiger partial charge in [-0.05, 0) is 46.9 Å². The van der Waals surface area contributed by atoms with E-state index in [4.69, 9.17) is 5.84 Å². The van der Waals surface area contributed by atoms with Gasteiger partial charge in [-0.2, -0.15) is 0 Å². The smallest absolute Gasteiger partial charge is 0.0462 e. The first-order valence-corrected chi connectivity index (χ1v) is 8.21. The molecule has 1 aliphatic rings. The van der Waals surface area contributed by atoms with Crippen molar-refractivity contribution in [1.29, 1.82) is 0 Å². The third-order valence-electron chi connectivity index (χ3n) is 4.47. The summed E-state index contributed by atoms with van der Waals surface area (Å²) < 4.78 is 1.12. The first kappa shape index (κ1) is 14.1. The van der Waals surface area contributed by atoms with Gasteiger partial charge >= 0.3 is 0 Å². The Morgan fingerprint density at radius 3 is 2.55 bits per heavy atom. The molecule has 1 fully saturated rings. The number of hydrogen-bond acceptors (Lipinski definition) is 2. The normalized spacial score (nSPS) is 17.7. The fraction of sp³-hybridized carbons (Fsp3) is 0.412. The highest BCUT2D eigenvalue weighted by molar-refractivity contribution is 9.10. The van der Waals surface area contributed by atoms with E-state index in [0.29, 0.717) is 0 Å². The molecule has 1 unspecified atom stereocenters. The van der Waals surface area contributed by atoms with E-state index >= 15 is 0 Å². The summed E-state index contributed by atoms with van der Waals surface area (Å²) in [4.78, 5) is 0. The predicted octanol–water partition coefficient (Wildman–Crippen LogP) is 4.69. The molecule has 3 heteroatoms. The monoisotopic (exact) mass is 332 g/mol. The van der Waals surface area contributed by atoms with Gasteiger partial charge in [0.15, 0.2) is 0 Å². The van der Waals surface area contributed by atoms with Crippen LogP contribution in [0.4, 0.5) is 0 Å². The topological polar surface area (TPSA) is 38.0 Å². The van der Waals surface area contributed by atoms with E-state index in [1.165, 1.54) is 42.0 Å². The van der Waals surface area contributed by atoms with E-state index in [9.17, 15) is 0 Å². The molecule has 2 aromatic carbocycles. The second kappa shape index (κ2) is 6.25. The van der Waals surface area contributed by atoms with Gasteiger partial charge in [-0.3, -0.25) is 11.3 Å². The fourth-order valence-electron chi connectivity index (χ4n) is 3.33. The number of hydrazine groups is 1. The molecular formula is C17H21BrN2. The zero-order valence-corrected chi connectivity index (χ0v) is 13.2. The molecule has 3 rings (SSSR count). The standard InChI is InChI=1S/C17H21BrN2/c18-16-8-7-13-10-15(6-5-14(13)11-16)17(20-19)9-12-3-1-2-4-12/h5-8,10-12,17,20H,1-4,9,19H2. The number of hydrogen-bond donors (Lipinski definition) is 2. The van der Waals surface area contributed by atoms with Crippen LogP contribution in [-0.2, 0) is 0 Å². The Labute approximate surface area is 128 Å². The van der Waals surface area contributed by atoms with Crippen LogP contribution >= 0.6 is 15.9 Å². The van der Waals surface area contributed by atoms with Gasteiger partial charge in [0.25, 0.3) is 0 Å².